The smallest absolute Gasteiger partial charge is 0.244 e. The quantitative estimate of drug-likeness (QED) is 0.778. The fourth-order valence-corrected chi connectivity index (χ4v) is 5.80. The lowest BCUT2D eigenvalue weighted by Crippen LogP contribution is -2.59. The molecule has 140 valence electrons. The van der Waals surface area contributed by atoms with Gasteiger partial charge in [0.15, 0.2) is 11.5 Å². The highest BCUT2D eigenvalue weighted by atomic mass is 16.5. The summed E-state index contributed by atoms with van der Waals surface area (Å²) in [5.41, 5.74) is 0.998. The lowest BCUT2D eigenvalue weighted by atomic mass is 9.53. The fourth-order valence-electron chi connectivity index (χ4n) is 5.80. The zero-order valence-electron chi connectivity index (χ0n) is 15.8. The summed E-state index contributed by atoms with van der Waals surface area (Å²) in [6.45, 7) is 2.54. The van der Waals surface area contributed by atoms with Gasteiger partial charge < -0.3 is 14.8 Å². The first-order chi connectivity index (χ1) is 12.6. The number of carbonyl (C=O) groups is 1. The number of hydrogen-bond acceptors (Lipinski definition) is 3. The van der Waals surface area contributed by atoms with Gasteiger partial charge in [-0.1, -0.05) is 6.07 Å². The van der Waals surface area contributed by atoms with E-state index in [4.69, 9.17) is 9.47 Å². The normalized spacial score (nSPS) is 32.0. The van der Waals surface area contributed by atoms with Crippen molar-refractivity contribution >= 4 is 12.0 Å². The number of amides is 1. The molecule has 4 bridgehead atoms. The van der Waals surface area contributed by atoms with E-state index in [0.717, 1.165) is 29.1 Å². The van der Waals surface area contributed by atoms with E-state index >= 15 is 0 Å². The third kappa shape index (κ3) is 3.46. The molecule has 26 heavy (non-hydrogen) atoms. The minimum atomic E-state index is 0.0276. The minimum absolute atomic E-state index is 0.0276. The predicted molar refractivity (Wildman–Crippen MR) is 102 cm³/mol. The summed E-state index contributed by atoms with van der Waals surface area (Å²) in [5, 5.41) is 3.37. The summed E-state index contributed by atoms with van der Waals surface area (Å²) in [6, 6.07) is 5.74. The molecule has 4 nitrogen and oxygen atoms in total. The van der Waals surface area contributed by atoms with Gasteiger partial charge in [-0.3, -0.25) is 4.79 Å². The van der Waals surface area contributed by atoms with Crippen LogP contribution in [0.2, 0.25) is 0 Å². The van der Waals surface area contributed by atoms with Crippen LogP contribution in [0, 0.1) is 17.8 Å². The Labute approximate surface area is 156 Å². The van der Waals surface area contributed by atoms with Gasteiger partial charge in [-0.15, -0.1) is 0 Å². The first-order valence-electron chi connectivity index (χ1n) is 9.90. The zero-order chi connectivity index (χ0) is 18.1. The Morgan fingerprint density at radius 2 is 1.81 bits per heavy atom. The summed E-state index contributed by atoms with van der Waals surface area (Å²) in [5.74, 6) is 3.95. The highest BCUT2D eigenvalue weighted by Gasteiger charge is 2.51. The van der Waals surface area contributed by atoms with Gasteiger partial charge in [-0.25, -0.2) is 0 Å². The van der Waals surface area contributed by atoms with Crippen LogP contribution in [-0.4, -0.2) is 25.2 Å². The van der Waals surface area contributed by atoms with Gasteiger partial charge in [0.25, 0.3) is 0 Å². The van der Waals surface area contributed by atoms with E-state index in [1.54, 1.807) is 13.2 Å². The third-order valence-electron chi connectivity index (χ3n) is 6.34. The van der Waals surface area contributed by atoms with Gasteiger partial charge in [0.05, 0.1) is 13.7 Å². The topological polar surface area (TPSA) is 47.6 Å². The van der Waals surface area contributed by atoms with E-state index < -0.39 is 0 Å². The molecule has 1 N–H and O–H groups in total. The van der Waals surface area contributed by atoms with E-state index in [2.05, 4.69) is 5.32 Å². The van der Waals surface area contributed by atoms with Crippen molar-refractivity contribution in [1.29, 1.82) is 0 Å². The molecule has 0 saturated heterocycles. The summed E-state index contributed by atoms with van der Waals surface area (Å²) >= 11 is 0. The van der Waals surface area contributed by atoms with Crippen LogP contribution in [0.4, 0.5) is 0 Å². The largest absolute Gasteiger partial charge is 0.493 e. The van der Waals surface area contributed by atoms with Crippen LogP contribution < -0.4 is 14.8 Å². The molecule has 4 aliphatic carbocycles. The molecule has 0 heterocycles. The fraction of sp³-hybridized carbons (Fsp3) is 0.591. The maximum atomic E-state index is 12.6. The molecule has 4 fully saturated rings. The molecular weight excluding hydrogens is 326 g/mol. The molecule has 1 aromatic rings. The molecule has 0 atom stereocenters. The number of carbonyl (C=O) groups excluding carboxylic acids is 1. The van der Waals surface area contributed by atoms with E-state index in [1.807, 2.05) is 31.2 Å². The highest BCUT2D eigenvalue weighted by molar-refractivity contribution is 5.92. The van der Waals surface area contributed by atoms with Crippen molar-refractivity contribution in [2.75, 3.05) is 13.7 Å². The Morgan fingerprint density at radius 1 is 1.15 bits per heavy atom. The number of methoxy groups -OCH3 is 1. The molecule has 0 aromatic heterocycles. The van der Waals surface area contributed by atoms with Crippen molar-refractivity contribution < 1.29 is 14.3 Å². The molecule has 1 amide bonds. The van der Waals surface area contributed by atoms with Crippen molar-refractivity contribution in [2.45, 2.75) is 51.0 Å². The Balaban J connectivity index is 1.42. The Hall–Kier alpha value is -1.97. The molecule has 4 saturated carbocycles. The van der Waals surface area contributed by atoms with Crippen LogP contribution in [0.5, 0.6) is 11.5 Å². The van der Waals surface area contributed by atoms with E-state index in [-0.39, 0.29) is 11.4 Å². The van der Waals surface area contributed by atoms with Crippen molar-refractivity contribution in [1.82, 2.24) is 5.32 Å². The first kappa shape index (κ1) is 17.4. The summed E-state index contributed by atoms with van der Waals surface area (Å²) in [6.07, 6.45) is 11.2. The summed E-state index contributed by atoms with van der Waals surface area (Å²) in [7, 11) is 1.63. The number of ether oxygens (including phenoxy) is 2. The van der Waals surface area contributed by atoms with Crippen LogP contribution >= 0.6 is 0 Å². The van der Waals surface area contributed by atoms with Crippen molar-refractivity contribution in [3.8, 4) is 11.5 Å². The number of nitrogens with one attached hydrogen (secondary N) is 1. The molecule has 0 unspecified atom stereocenters. The SMILES string of the molecule is CCOc1ccc(C=CC(=O)NC23CC4CC(CC(C4)C2)C3)cc1OC. The van der Waals surface area contributed by atoms with E-state index in [0.29, 0.717) is 12.4 Å². The molecular formula is C22H29NO3. The highest BCUT2D eigenvalue weighted by Crippen LogP contribution is 2.55. The van der Waals surface area contributed by atoms with Crippen LogP contribution in [-0.2, 0) is 4.79 Å². The average molecular weight is 355 g/mol. The van der Waals surface area contributed by atoms with Crippen LogP contribution in [0.25, 0.3) is 6.08 Å². The standard InChI is InChI=1S/C22H29NO3/c1-3-26-19-6-4-15(11-20(19)25-2)5-7-21(24)23-22-12-16-8-17(13-22)10-18(9-16)14-22/h4-7,11,16-18H,3,8-10,12-14H2,1-2H3,(H,23,24). The molecule has 1 aromatic carbocycles. The van der Waals surface area contributed by atoms with Gasteiger partial charge in [-0.2, -0.15) is 0 Å². The summed E-state index contributed by atoms with van der Waals surface area (Å²) < 4.78 is 10.9. The molecule has 4 heteroatoms. The van der Waals surface area contributed by atoms with Crippen LogP contribution in [0.1, 0.15) is 51.0 Å². The van der Waals surface area contributed by atoms with Crippen LogP contribution in [0.3, 0.4) is 0 Å². The molecule has 4 aliphatic rings. The predicted octanol–water partition coefficient (Wildman–Crippen LogP) is 4.19. The molecule has 0 aliphatic heterocycles. The minimum Gasteiger partial charge on any atom is -0.493 e. The second-order valence-electron chi connectivity index (χ2n) is 8.36. The number of rotatable bonds is 6. The number of hydrogen-bond donors (Lipinski definition) is 1. The van der Waals surface area contributed by atoms with Gasteiger partial charge in [0, 0.05) is 11.6 Å². The van der Waals surface area contributed by atoms with Gasteiger partial charge >= 0.3 is 0 Å². The Kier molecular flexibility index (Phi) is 4.68. The Bertz CT molecular complexity index is 674. The van der Waals surface area contributed by atoms with Gasteiger partial charge in [0.1, 0.15) is 0 Å². The maximum Gasteiger partial charge on any atom is 0.244 e. The van der Waals surface area contributed by atoms with E-state index in [9.17, 15) is 4.79 Å². The third-order valence-corrected chi connectivity index (χ3v) is 6.34. The maximum absolute atomic E-state index is 12.6. The van der Waals surface area contributed by atoms with Crippen molar-refractivity contribution in [3.05, 3.63) is 29.8 Å². The lowest BCUT2D eigenvalue weighted by molar-refractivity contribution is -0.122. The second-order valence-corrected chi connectivity index (χ2v) is 8.36. The zero-order valence-corrected chi connectivity index (χ0v) is 15.8. The van der Waals surface area contributed by atoms with Crippen molar-refractivity contribution in [3.63, 3.8) is 0 Å². The lowest BCUT2D eigenvalue weighted by Gasteiger charge is -2.56. The Morgan fingerprint density at radius 3 is 2.38 bits per heavy atom. The summed E-state index contributed by atoms with van der Waals surface area (Å²) in [4.78, 5) is 12.6. The molecule has 0 radical (unpaired) electrons. The monoisotopic (exact) mass is 355 g/mol. The van der Waals surface area contributed by atoms with Gasteiger partial charge in [0.2, 0.25) is 5.91 Å². The van der Waals surface area contributed by atoms with E-state index in [1.165, 1.54) is 38.5 Å². The van der Waals surface area contributed by atoms with Gasteiger partial charge in [-0.05, 0) is 87.0 Å². The average Bonchev–Trinajstić information content (AvgIpc) is 2.59. The second kappa shape index (κ2) is 6.98. The molecule has 5 rings (SSSR count). The first-order valence-corrected chi connectivity index (χ1v) is 9.90. The van der Waals surface area contributed by atoms with Crippen molar-refractivity contribution in [2.24, 2.45) is 17.8 Å². The number of benzene rings is 1. The molecule has 0 spiro atoms. The van der Waals surface area contributed by atoms with Crippen LogP contribution in [0.15, 0.2) is 24.3 Å².